The van der Waals surface area contributed by atoms with Crippen molar-refractivity contribution in [2.75, 3.05) is 18.5 Å². The van der Waals surface area contributed by atoms with Crippen LogP contribution in [-0.4, -0.2) is 40.7 Å². The standard InChI is InChI=1S/C17H25N3O2S/c1-5-22-14-8-6-13(7-9-14)18-15(21)11-20-12(2)10-17(3,4)19-16(20)23/h6-9,12H,5,10-11H2,1-4H3,(H,18,21)(H,19,23)/t12-/m1/s1. The minimum atomic E-state index is -0.0788. The van der Waals surface area contributed by atoms with E-state index in [1.807, 2.05) is 36.1 Å². The number of carbonyl (C=O) groups excluding carboxylic acids is 1. The molecule has 0 unspecified atom stereocenters. The molecule has 1 aliphatic heterocycles. The molecule has 1 heterocycles. The average molecular weight is 335 g/mol. The van der Waals surface area contributed by atoms with E-state index in [2.05, 4.69) is 31.4 Å². The molecule has 2 N–H and O–H groups in total. The minimum Gasteiger partial charge on any atom is -0.494 e. The third-order valence-corrected chi connectivity index (χ3v) is 4.14. The number of rotatable bonds is 5. The smallest absolute Gasteiger partial charge is 0.243 e. The van der Waals surface area contributed by atoms with Gasteiger partial charge in [-0.1, -0.05) is 0 Å². The molecule has 1 fully saturated rings. The van der Waals surface area contributed by atoms with Crippen molar-refractivity contribution >= 4 is 28.9 Å². The monoisotopic (exact) mass is 335 g/mol. The lowest BCUT2D eigenvalue weighted by Crippen LogP contribution is -2.61. The van der Waals surface area contributed by atoms with Crippen LogP contribution in [0.25, 0.3) is 0 Å². The van der Waals surface area contributed by atoms with Crippen LogP contribution in [0.3, 0.4) is 0 Å². The highest BCUT2D eigenvalue weighted by atomic mass is 32.1. The Bertz CT molecular complexity index is 572. The topological polar surface area (TPSA) is 53.6 Å². The molecule has 0 aliphatic carbocycles. The van der Waals surface area contributed by atoms with E-state index in [0.717, 1.165) is 17.9 Å². The second-order valence-electron chi connectivity index (χ2n) is 6.50. The van der Waals surface area contributed by atoms with Gasteiger partial charge in [0, 0.05) is 17.3 Å². The maximum atomic E-state index is 12.3. The summed E-state index contributed by atoms with van der Waals surface area (Å²) in [4.78, 5) is 14.2. The molecule has 1 atom stereocenters. The largest absolute Gasteiger partial charge is 0.494 e. The van der Waals surface area contributed by atoms with Gasteiger partial charge in [0.15, 0.2) is 5.11 Å². The zero-order chi connectivity index (χ0) is 17.0. The molecule has 5 nitrogen and oxygen atoms in total. The van der Waals surface area contributed by atoms with E-state index in [1.54, 1.807) is 0 Å². The zero-order valence-corrected chi connectivity index (χ0v) is 15.0. The molecule has 1 aromatic rings. The molecule has 1 aromatic carbocycles. The Morgan fingerprint density at radius 3 is 2.65 bits per heavy atom. The lowest BCUT2D eigenvalue weighted by Gasteiger charge is -2.44. The summed E-state index contributed by atoms with van der Waals surface area (Å²) in [5.74, 6) is 0.715. The molecule has 126 valence electrons. The van der Waals surface area contributed by atoms with Crippen molar-refractivity contribution in [2.24, 2.45) is 0 Å². The molecule has 23 heavy (non-hydrogen) atoms. The molecule has 2 rings (SSSR count). The fourth-order valence-corrected chi connectivity index (χ4v) is 3.37. The highest BCUT2D eigenvalue weighted by Gasteiger charge is 2.33. The van der Waals surface area contributed by atoms with E-state index < -0.39 is 0 Å². The van der Waals surface area contributed by atoms with Gasteiger partial charge in [0.1, 0.15) is 5.75 Å². The number of amides is 1. The van der Waals surface area contributed by atoms with Crippen molar-refractivity contribution in [3.63, 3.8) is 0 Å². The summed E-state index contributed by atoms with van der Waals surface area (Å²) in [5.41, 5.74) is 0.723. The number of nitrogens with one attached hydrogen (secondary N) is 2. The lowest BCUT2D eigenvalue weighted by atomic mass is 9.93. The second-order valence-corrected chi connectivity index (χ2v) is 6.89. The molecule has 0 aromatic heterocycles. The van der Waals surface area contributed by atoms with Crippen LogP contribution < -0.4 is 15.4 Å². The van der Waals surface area contributed by atoms with E-state index in [0.29, 0.717) is 11.7 Å². The van der Waals surface area contributed by atoms with Crippen molar-refractivity contribution in [1.82, 2.24) is 10.2 Å². The van der Waals surface area contributed by atoms with Crippen LogP contribution in [-0.2, 0) is 4.79 Å². The Morgan fingerprint density at radius 1 is 1.43 bits per heavy atom. The van der Waals surface area contributed by atoms with Gasteiger partial charge in [-0.2, -0.15) is 0 Å². The first-order valence-corrected chi connectivity index (χ1v) is 8.33. The molecule has 0 spiro atoms. The quantitative estimate of drug-likeness (QED) is 0.811. The number of ether oxygens (including phenoxy) is 1. The number of thiocarbonyl (C=S) groups is 1. The SMILES string of the molecule is CCOc1ccc(NC(=O)CN2C(=S)NC(C)(C)C[C@H]2C)cc1. The fraction of sp³-hybridized carbons (Fsp3) is 0.529. The number of carbonyl (C=O) groups is 1. The highest BCUT2D eigenvalue weighted by molar-refractivity contribution is 7.80. The van der Waals surface area contributed by atoms with Gasteiger partial charge in [0.05, 0.1) is 13.2 Å². The van der Waals surface area contributed by atoms with Crippen molar-refractivity contribution in [3.05, 3.63) is 24.3 Å². The number of hydrogen-bond acceptors (Lipinski definition) is 3. The number of benzene rings is 1. The van der Waals surface area contributed by atoms with Crippen LogP contribution in [0.15, 0.2) is 24.3 Å². The van der Waals surface area contributed by atoms with Crippen LogP contribution in [0.2, 0.25) is 0 Å². The van der Waals surface area contributed by atoms with Crippen LogP contribution in [0, 0.1) is 0 Å². The van der Waals surface area contributed by atoms with Gasteiger partial charge < -0.3 is 20.3 Å². The van der Waals surface area contributed by atoms with Gasteiger partial charge in [0.25, 0.3) is 0 Å². The van der Waals surface area contributed by atoms with E-state index in [4.69, 9.17) is 17.0 Å². The molecular weight excluding hydrogens is 310 g/mol. The summed E-state index contributed by atoms with van der Waals surface area (Å²) in [5, 5.41) is 6.82. The number of anilines is 1. The van der Waals surface area contributed by atoms with Crippen molar-refractivity contribution in [1.29, 1.82) is 0 Å². The molecule has 0 bridgehead atoms. The maximum absolute atomic E-state index is 12.3. The lowest BCUT2D eigenvalue weighted by molar-refractivity contribution is -0.117. The van der Waals surface area contributed by atoms with Gasteiger partial charge in [0.2, 0.25) is 5.91 Å². The van der Waals surface area contributed by atoms with Gasteiger partial charge in [-0.15, -0.1) is 0 Å². The molecule has 1 aliphatic rings. The van der Waals surface area contributed by atoms with E-state index in [9.17, 15) is 4.79 Å². The summed E-state index contributed by atoms with van der Waals surface area (Å²) in [6.07, 6.45) is 0.934. The Balaban J connectivity index is 1.92. The highest BCUT2D eigenvalue weighted by Crippen LogP contribution is 2.22. The first-order chi connectivity index (χ1) is 10.8. The number of nitrogens with zero attached hydrogens (tertiary/aromatic N) is 1. The van der Waals surface area contributed by atoms with Gasteiger partial charge in [-0.05, 0) is 70.6 Å². The number of hydrogen-bond donors (Lipinski definition) is 2. The Kier molecular flexibility index (Phi) is 5.46. The predicted molar refractivity (Wildman–Crippen MR) is 96.8 cm³/mol. The van der Waals surface area contributed by atoms with Crippen molar-refractivity contribution in [3.8, 4) is 5.75 Å². The first-order valence-electron chi connectivity index (χ1n) is 7.92. The molecule has 6 heteroatoms. The zero-order valence-electron chi connectivity index (χ0n) is 14.2. The van der Waals surface area contributed by atoms with E-state index >= 15 is 0 Å². The normalized spacial score (nSPS) is 19.9. The Labute approximate surface area is 143 Å². The third kappa shape index (κ3) is 4.82. The van der Waals surface area contributed by atoms with Gasteiger partial charge in [-0.25, -0.2) is 0 Å². The minimum absolute atomic E-state index is 0.0292. The van der Waals surface area contributed by atoms with Crippen molar-refractivity contribution < 1.29 is 9.53 Å². The second kappa shape index (κ2) is 7.17. The van der Waals surface area contributed by atoms with E-state index in [-0.39, 0.29) is 24.0 Å². The van der Waals surface area contributed by atoms with Crippen LogP contribution in [0.1, 0.15) is 34.1 Å². The summed E-state index contributed by atoms with van der Waals surface area (Å²) in [6.45, 7) is 9.14. The van der Waals surface area contributed by atoms with Crippen LogP contribution in [0.4, 0.5) is 5.69 Å². The van der Waals surface area contributed by atoms with Crippen molar-refractivity contribution in [2.45, 2.75) is 45.7 Å². The predicted octanol–water partition coefficient (Wildman–Crippen LogP) is 2.77. The Hall–Kier alpha value is -1.82. The maximum Gasteiger partial charge on any atom is 0.243 e. The summed E-state index contributed by atoms with van der Waals surface area (Å²) >= 11 is 5.40. The molecule has 0 radical (unpaired) electrons. The molecular formula is C17H25N3O2S. The summed E-state index contributed by atoms with van der Waals surface area (Å²) in [6, 6.07) is 7.59. The summed E-state index contributed by atoms with van der Waals surface area (Å²) in [7, 11) is 0. The first kappa shape index (κ1) is 17.5. The average Bonchev–Trinajstić information content (AvgIpc) is 2.44. The Morgan fingerprint density at radius 2 is 2.09 bits per heavy atom. The van der Waals surface area contributed by atoms with Gasteiger partial charge in [-0.3, -0.25) is 4.79 Å². The molecule has 1 amide bonds. The van der Waals surface area contributed by atoms with Gasteiger partial charge >= 0.3 is 0 Å². The molecule has 0 saturated carbocycles. The fourth-order valence-electron chi connectivity index (χ4n) is 2.85. The summed E-state index contributed by atoms with van der Waals surface area (Å²) < 4.78 is 5.39. The third-order valence-electron chi connectivity index (χ3n) is 3.81. The van der Waals surface area contributed by atoms with E-state index in [1.165, 1.54) is 0 Å². The van der Waals surface area contributed by atoms with Crippen LogP contribution >= 0.6 is 12.2 Å². The van der Waals surface area contributed by atoms with Crippen LogP contribution in [0.5, 0.6) is 5.75 Å². The molecule has 1 saturated heterocycles.